The number of rotatable bonds is 2. The van der Waals surface area contributed by atoms with E-state index in [1.807, 2.05) is 0 Å². The standard InChI is InChI=1S/C9H5ClF3N3/c10-3-6-4-14-15-16(6)9-7(12)1-5(11)2-8(9)13/h1-2,4H,3H2. The Morgan fingerprint density at radius 1 is 1.19 bits per heavy atom. The topological polar surface area (TPSA) is 30.7 Å². The first-order valence-corrected chi connectivity index (χ1v) is 4.77. The highest BCUT2D eigenvalue weighted by atomic mass is 35.5. The molecule has 0 aliphatic heterocycles. The first kappa shape index (κ1) is 10.9. The van der Waals surface area contributed by atoms with E-state index in [2.05, 4.69) is 10.3 Å². The third-order valence-corrected chi connectivity index (χ3v) is 2.22. The molecule has 2 rings (SSSR count). The van der Waals surface area contributed by atoms with Crippen molar-refractivity contribution in [3.05, 3.63) is 41.5 Å². The fourth-order valence-electron chi connectivity index (χ4n) is 1.27. The van der Waals surface area contributed by atoms with Gasteiger partial charge in [-0.2, -0.15) is 0 Å². The molecule has 2 aromatic rings. The molecule has 1 aromatic carbocycles. The van der Waals surface area contributed by atoms with Crippen LogP contribution < -0.4 is 0 Å². The SMILES string of the molecule is Fc1cc(F)c(-n2nncc2CCl)c(F)c1. The molecule has 0 saturated heterocycles. The summed E-state index contributed by atoms with van der Waals surface area (Å²) >= 11 is 5.54. The summed E-state index contributed by atoms with van der Waals surface area (Å²) in [6.45, 7) is 0. The van der Waals surface area contributed by atoms with Crippen molar-refractivity contribution in [3.8, 4) is 5.69 Å². The minimum atomic E-state index is -1.06. The van der Waals surface area contributed by atoms with Crippen LogP contribution in [0.25, 0.3) is 5.69 Å². The van der Waals surface area contributed by atoms with Crippen LogP contribution >= 0.6 is 11.6 Å². The Hall–Kier alpha value is -1.56. The Kier molecular flexibility index (Phi) is 2.82. The van der Waals surface area contributed by atoms with Crippen molar-refractivity contribution in [3.63, 3.8) is 0 Å². The summed E-state index contributed by atoms with van der Waals surface area (Å²) < 4.78 is 40.3. The maximum Gasteiger partial charge on any atom is 0.154 e. The molecule has 0 N–H and O–H groups in total. The van der Waals surface area contributed by atoms with Gasteiger partial charge in [0.2, 0.25) is 0 Å². The van der Waals surface area contributed by atoms with E-state index in [0.717, 1.165) is 4.68 Å². The highest BCUT2D eigenvalue weighted by molar-refractivity contribution is 6.16. The average Bonchev–Trinajstić information content (AvgIpc) is 2.64. The maximum atomic E-state index is 13.4. The molecule has 84 valence electrons. The van der Waals surface area contributed by atoms with Crippen molar-refractivity contribution in [2.24, 2.45) is 0 Å². The van der Waals surface area contributed by atoms with E-state index in [1.165, 1.54) is 6.20 Å². The molecule has 0 unspecified atom stereocenters. The van der Waals surface area contributed by atoms with E-state index in [1.54, 1.807) is 0 Å². The number of alkyl halides is 1. The minimum absolute atomic E-state index is 0.0107. The maximum absolute atomic E-state index is 13.4. The second-order valence-electron chi connectivity index (χ2n) is 2.99. The molecular weight excluding hydrogens is 243 g/mol. The molecule has 7 heteroatoms. The molecule has 0 aliphatic rings. The zero-order valence-corrected chi connectivity index (χ0v) is 8.55. The molecular formula is C9H5ClF3N3. The van der Waals surface area contributed by atoms with Crippen LogP contribution in [0.5, 0.6) is 0 Å². The van der Waals surface area contributed by atoms with E-state index in [-0.39, 0.29) is 5.88 Å². The van der Waals surface area contributed by atoms with Gasteiger partial charge in [-0.15, -0.1) is 16.7 Å². The van der Waals surface area contributed by atoms with Crippen molar-refractivity contribution in [1.82, 2.24) is 15.0 Å². The van der Waals surface area contributed by atoms with Crippen molar-refractivity contribution in [2.45, 2.75) is 5.88 Å². The van der Waals surface area contributed by atoms with Crippen molar-refractivity contribution in [2.75, 3.05) is 0 Å². The predicted molar refractivity (Wildman–Crippen MR) is 50.8 cm³/mol. The lowest BCUT2D eigenvalue weighted by Crippen LogP contribution is -2.07. The predicted octanol–water partition coefficient (Wildman–Crippen LogP) is 2.42. The van der Waals surface area contributed by atoms with Crippen LogP contribution in [0.4, 0.5) is 13.2 Å². The molecule has 0 aliphatic carbocycles. The van der Waals surface area contributed by atoms with Crippen LogP contribution in [0.3, 0.4) is 0 Å². The van der Waals surface area contributed by atoms with E-state index in [4.69, 9.17) is 11.6 Å². The third kappa shape index (κ3) is 1.76. The fourth-order valence-corrected chi connectivity index (χ4v) is 1.45. The molecule has 1 aromatic heterocycles. The summed E-state index contributed by atoms with van der Waals surface area (Å²) in [6, 6.07) is 1.14. The first-order valence-electron chi connectivity index (χ1n) is 4.24. The smallest absolute Gasteiger partial charge is 0.154 e. The molecule has 0 amide bonds. The largest absolute Gasteiger partial charge is 0.210 e. The lowest BCUT2D eigenvalue weighted by molar-refractivity contribution is 0.524. The van der Waals surface area contributed by atoms with Crippen LogP contribution in [0, 0.1) is 17.5 Å². The van der Waals surface area contributed by atoms with Gasteiger partial charge >= 0.3 is 0 Å². The molecule has 1 heterocycles. The second kappa shape index (κ2) is 4.13. The number of hydrogen-bond donors (Lipinski definition) is 0. The molecule has 0 radical (unpaired) electrons. The molecule has 0 atom stereocenters. The minimum Gasteiger partial charge on any atom is -0.210 e. The number of aromatic nitrogens is 3. The normalized spacial score (nSPS) is 10.8. The molecule has 0 bridgehead atoms. The zero-order chi connectivity index (χ0) is 11.7. The lowest BCUT2D eigenvalue weighted by Gasteiger charge is -2.06. The van der Waals surface area contributed by atoms with Gasteiger partial charge in [-0.25, -0.2) is 17.9 Å². The van der Waals surface area contributed by atoms with Gasteiger partial charge in [0, 0.05) is 12.1 Å². The van der Waals surface area contributed by atoms with Gasteiger partial charge in [-0.1, -0.05) is 5.21 Å². The summed E-state index contributed by atoms with van der Waals surface area (Å²) in [5.41, 5.74) is -0.180. The van der Waals surface area contributed by atoms with E-state index in [0.29, 0.717) is 17.8 Å². The van der Waals surface area contributed by atoms with Crippen molar-refractivity contribution < 1.29 is 13.2 Å². The number of benzene rings is 1. The molecule has 0 spiro atoms. The van der Waals surface area contributed by atoms with Crippen LogP contribution in [0.15, 0.2) is 18.3 Å². The van der Waals surface area contributed by atoms with Gasteiger partial charge in [-0.05, 0) is 0 Å². The summed E-state index contributed by atoms with van der Waals surface area (Å²) in [5.74, 6) is -3.13. The molecule has 16 heavy (non-hydrogen) atoms. The zero-order valence-electron chi connectivity index (χ0n) is 7.79. The quantitative estimate of drug-likeness (QED) is 0.763. The number of nitrogens with zero attached hydrogens (tertiary/aromatic N) is 3. The summed E-state index contributed by atoms with van der Waals surface area (Å²) in [5, 5.41) is 6.96. The van der Waals surface area contributed by atoms with Gasteiger partial charge in [-0.3, -0.25) is 0 Å². The van der Waals surface area contributed by atoms with Gasteiger partial charge in [0.1, 0.15) is 11.5 Å². The molecule has 0 fully saturated rings. The van der Waals surface area contributed by atoms with Crippen LogP contribution in [-0.4, -0.2) is 15.0 Å². The highest BCUT2D eigenvalue weighted by Crippen LogP contribution is 2.20. The van der Waals surface area contributed by atoms with Gasteiger partial charge < -0.3 is 0 Å². The number of hydrogen-bond acceptors (Lipinski definition) is 2. The first-order chi connectivity index (χ1) is 7.63. The monoisotopic (exact) mass is 247 g/mol. The summed E-state index contributed by atoms with van der Waals surface area (Å²) in [7, 11) is 0. The Labute approximate surface area is 93.4 Å². The Morgan fingerprint density at radius 2 is 1.81 bits per heavy atom. The Bertz CT molecular complexity index is 503. The van der Waals surface area contributed by atoms with Crippen molar-refractivity contribution in [1.29, 1.82) is 0 Å². The Morgan fingerprint density at radius 3 is 2.38 bits per heavy atom. The van der Waals surface area contributed by atoms with Gasteiger partial charge in [0.15, 0.2) is 11.6 Å². The lowest BCUT2D eigenvalue weighted by atomic mass is 10.2. The van der Waals surface area contributed by atoms with E-state index in [9.17, 15) is 13.2 Å². The van der Waals surface area contributed by atoms with Gasteiger partial charge in [0.05, 0.1) is 17.8 Å². The second-order valence-corrected chi connectivity index (χ2v) is 3.26. The number of halogens is 4. The van der Waals surface area contributed by atoms with E-state index < -0.39 is 23.1 Å². The van der Waals surface area contributed by atoms with Crippen LogP contribution in [0.1, 0.15) is 5.69 Å². The summed E-state index contributed by atoms with van der Waals surface area (Å²) in [4.78, 5) is 0. The molecule has 0 saturated carbocycles. The van der Waals surface area contributed by atoms with Crippen LogP contribution in [0.2, 0.25) is 0 Å². The fraction of sp³-hybridized carbons (Fsp3) is 0.111. The highest BCUT2D eigenvalue weighted by Gasteiger charge is 2.16. The summed E-state index contributed by atoms with van der Waals surface area (Å²) in [6.07, 6.45) is 1.27. The average molecular weight is 248 g/mol. The van der Waals surface area contributed by atoms with E-state index >= 15 is 0 Å². The van der Waals surface area contributed by atoms with Crippen LogP contribution in [-0.2, 0) is 5.88 Å². The Balaban J connectivity index is 2.64. The van der Waals surface area contributed by atoms with Gasteiger partial charge in [0.25, 0.3) is 0 Å². The molecule has 3 nitrogen and oxygen atoms in total. The third-order valence-electron chi connectivity index (χ3n) is 1.95. The van der Waals surface area contributed by atoms with Crippen molar-refractivity contribution >= 4 is 11.6 Å².